The quantitative estimate of drug-likeness (QED) is 0.355. The summed E-state index contributed by atoms with van der Waals surface area (Å²) in [5.41, 5.74) is 3.07. The topological polar surface area (TPSA) is 71.9 Å². The van der Waals surface area contributed by atoms with Crippen LogP contribution in [-0.4, -0.2) is 38.8 Å². The zero-order valence-corrected chi connectivity index (χ0v) is 20.3. The van der Waals surface area contributed by atoms with Crippen LogP contribution in [0, 0.1) is 5.82 Å². The second-order valence-electron chi connectivity index (χ2n) is 8.85. The van der Waals surface area contributed by atoms with Crippen LogP contribution < -0.4 is 4.90 Å². The zero-order valence-electron chi connectivity index (χ0n) is 19.5. The molecule has 1 fully saturated rings. The first-order valence-electron chi connectivity index (χ1n) is 11.8. The molecule has 4 aromatic rings. The molecule has 1 saturated heterocycles. The predicted octanol–water partition coefficient (Wildman–Crippen LogP) is 5.24. The lowest BCUT2D eigenvalue weighted by atomic mass is 9.98. The molecule has 5 rings (SSSR count). The fraction of sp³-hybridized carbons (Fsp3) is 0.296. The van der Waals surface area contributed by atoms with Gasteiger partial charge in [-0.25, -0.2) is 19.3 Å². The number of Topliss-reactive ketones (excluding diaryl/α,β-unsaturated/α-hetero) is 1. The third kappa shape index (κ3) is 5.43. The van der Waals surface area contributed by atoms with Crippen molar-refractivity contribution in [2.45, 2.75) is 38.5 Å². The highest BCUT2D eigenvalue weighted by Crippen LogP contribution is 2.33. The average molecular weight is 488 g/mol. The van der Waals surface area contributed by atoms with Crippen molar-refractivity contribution in [3.8, 4) is 11.3 Å². The van der Waals surface area contributed by atoms with Gasteiger partial charge in [-0.2, -0.15) is 4.98 Å². The molecule has 0 aliphatic carbocycles. The van der Waals surface area contributed by atoms with Gasteiger partial charge in [0.1, 0.15) is 23.8 Å². The van der Waals surface area contributed by atoms with Gasteiger partial charge in [-0.1, -0.05) is 48.5 Å². The molecule has 0 saturated carbocycles. The molecule has 8 heteroatoms. The van der Waals surface area contributed by atoms with Crippen LogP contribution in [0.5, 0.6) is 0 Å². The van der Waals surface area contributed by atoms with Crippen molar-refractivity contribution in [2.75, 3.05) is 18.0 Å². The number of rotatable bonds is 7. The molecule has 2 aromatic heterocycles. The minimum Gasteiger partial charge on any atom is -0.341 e. The van der Waals surface area contributed by atoms with Crippen molar-refractivity contribution in [1.82, 2.24) is 19.9 Å². The van der Waals surface area contributed by atoms with Crippen LogP contribution in [0.1, 0.15) is 47.6 Å². The first-order valence-corrected chi connectivity index (χ1v) is 12.6. The number of thiazole rings is 1. The van der Waals surface area contributed by atoms with Gasteiger partial charge in [0.2, 0.25) is 5.95 Å². The fourth-order valence-corrected chi connectivity index (χ4v) is 5.45. The van der Waals surface area contributed by atoms with Crippen molar-refractivity contribution < 1.29 is 9.18 Å². The Labute approximate surface area is 207 Å². The maximum absolute atomic E-state index is 14.8. The molecule has 35 heavy (non-hydrogen) atoms. The monoisotopic (exact) mass is 487 g/mol. The highest BCUT2D eigenvalue weighted by Gasteiger charge is 2.25. The summed E-state index contributed by atoms with van der Waals surface area (Å²) in [7, 11) is 0. The lowest BCUT2D eigenvalue weighted by Crippen LogP contribution is -2.34. The Bertz CT molecular complexity index is 1320. The second-order valence-corrected chi connectivity index (χ2v) is 9.74. The average Bonchev–Trinajstić information content (AvgIpc) is 3.38. The molecule has 0 amide bonds. The smallest absolute Gasteiger partial charge is 0.228 e. The van der Waals surface area contributed by atoms with Gasteiger partial charge in [0.25, 0.3) is 0 Å². The summed E-state index contributed by atoms with van der Waals surface area (Å²) in [6, 6.07) is 15.4. The fourth-order valence-electron chi connectivity index (χ4n) is 4.45. The molecule has 1 aliphatic rings. The summed E-state index contributed by atoms with van der Waals surface area (Å²) in [5.74, 6) is 1.14. The Hall–Kier alpha value is -3.52. The number of hydrogen-bond acceptors (Lipinski definition) is 7. The van der Waals surface area contributed by atoms with Crippen LogP contribution >= 0.6 is 11.3 Å². The van der Waals surface area contributed by atoms with Gasteiger partial charge < -0.3 is 4.90 Å². The van der Waals surface area contributed by atoms with Crippen LogP contribution in [0.25, 0.3) is 11.3 Å². The van der Waals surface area contributed by atoms with Crippen molar-refractivity contribution in [3.05, 3.63) is 88.0 Å². The summed E-state index contributed by atoms with van der Waals surface area (Å²) in [4.78, 5) is 31.8. The van der Waals surface area contributed by atoms with Crippen LogP contribution in [0.2, 0.25) is 0 Å². The van der Waals surface area contributed by atoms with Crippen LogP contribution in [0.4, 0.5) is 10.3 Å². The summed E-state index contributed by atoms with van der Waals surface area (Å²) in [6.07, 6.45) is 3.79. The van der Waals surface area contributed by atoms with Gasteiger partial charge >= 0.3 is 0 Å². The molecule has 0 spiro atoms. The number of hydrogen-bond donors (Lipinski definition) is 0. The van der Waals surface area contributed by atoms with E-state index in [2.05, 4.69) is 37.4 Å². The standard InChI is InChI=1S/C27H26FN5OS/c1-18(34)14-21-8-5-9-22(25(21)28)15-24-29-17-30-27(32-24)33-12-10-20(11-13-33)26-31-23(16-35-26)19-6-3-2-4-7-19/h2-9,16-17,20H,10-15H2,1H3. The molecule has 3 heterocycles. The minimum atomic E-state index is -0.358. The van der Waals surface area contributed by atoms with Gasteiger partial charge in [0.15, 0.2) is 0 Å². The van der Waals surface area contributed by atoms with Crippen molar-refractivity contribution in [3.63, 3.8) is 0 Å². The molecular formula is C27H26FN5OS. The summed E-state index contributed by atoms with van der Waals surface area (Å²) < 4.78 is 14.8. The number of aromatic nitrogens is 4. The number of carbonyl (C=O) groups excluding carboxylic acids is 1. The number of anilines is 1. The van der Waals surface area contributed by atoms with E-state index in [1.807, 2.05) is 18.2 Å². The van der Waals surface area contributed by atoms with Gasteiger partial charge in [0, 0.05) is 42.8 Å². The van der Waals surface area contributed by atoms with E-state index in [4.69, 9.17) is 4.98 Å². The normalized spacial score (nSPS) is 14.3. The van der Waals surface area contributed by atoms with Gasteiger partial charge in [-0.3, -0.25) is 4.79 Å². The van der Waals surface area contributed by atoms with Crippen molar-refractivity contribution >= 4 is 23.1 Å². The Balaban J connectivity index is 1.24. The predicted molar refractivity (Wildman–Crippen MR) is 135 cm³/mol. The Kier molecular flexibility index (Phi) is 6.90. The molecule has 0 atom stereocenters. The number of carbonyl (C=O) groups is 1. The van der Waals surface area contributed by atoms with Crippen molar-refractivity contribution in [2.24, 2.45) is 0 Å². The van der Waals surface area contributed by atoms with E-state index in [1.54, 1.807) is 29.5 Å². The number of benzene rings is 2. The lowest BCUT2D eigenvalue weighted by Gasteiger charge is -2.31. The van der Waals surface area contributed by atoms with Crippen LogP contribution in [0.3, 0.4) is 0 Å². The molecule has 0 N–H and O–H groups in total. The van der Waals surface area contributed by atoms with Gasteiger partial charge in [0.05, 0.1) is 10.7 Å². The lowest BCUT2D eigenvalue weighted by molar-refractivity contribution is -0.116. The summed E-state index contributed by atoms with van der Waals surface area (Å²) in [6.45, 7) is 3.12. The third-order valence-corrected chi connectivity index (χ3v) is 7.28. The van der Waals surface area contributed by atoms with Gasteiger partial charge in [-0.05, 0) is 30.9 Å². The largest absolute Gasteiger partial charge is 0.341 e. The van der Waals surface area contributed by atoms with Crippen molar-refractivity contribution in [1.29, 1.82) is 0 Å². The first kappa shape index (κ1) is 23.2. The van der Waals surface area contributed by atoms with Crippen LogP contribution in [-0.2, 0) is 17.6 Å². The van der Waals surface area contributed by atoms with E-state index in [9.17, 15) is 9.18 Å². The zero-order chi connectivity index (χ0) is 24.2. The van der Waals surface area contributed by atoms with Gasteiger partial charge in [-0.15, -0.1) is 11.3 Å². The Morgan fingerprint density at radius 1 is 1.03 bits per heavy atom. The third-order valence-electron chi connectivity index (χ3n) is 6.27. The summed E-state index contributed by atoms with van der Waals surface area (Å²) in [5, 5.41) is 3.32. The number of nitrogens with zero attached hydrogens (tertiary/aromatic N) is 5. The maximum atomic E-state index is 14.8. The molecule has 0 radical (unpaired) electrons. The second kappa shape index (κ2) is 10.4. The number of ketones is 1. The SMILES string of the molecule is CC(=O)Cc1cccc(Cc2ncnc(N3CCC(c4nc(-c5ccccc5)cs4)CC3)n2)c1F. The molecule has 1 aliphatic heterocycles. The minimum absolute atomic E-state index is 0.0686. The summed E-state index contributed by atoms with van der Waals surface area (Å²) >= 11 is 1.73. The molecule has 0 unspecified atom stereocenters. The highest BCUT2D eigenvalue weighted by atomic mass is 32.1. The Morgan fingerprint density at radius 2 is 1.80 bits per heavy atom. The molecule has 178 valence electrons. The number of halogens is 1. The van der Waals surface area contributed by atoms with E-state index in [1.165, 1.54) is 18.3 Å². The number of piperidine rings is 1. The van der Waals surface area contributed by atoms with E-state index in [0.717, 1.165) is 37.2 Å². The highest BCUT2D eigenvalue weighted by molar-refractivity contribution is 7.10. The molecule has 6 nitrogen and oxygen atoms in total. The van der Waals surface area contributed by atoms with E-state index in [-0.39, 0.29) is 24.4 Å². The van der Waals surface area contributed by atoms with E-state index < -0.39 is 0 Å². The van der Waals surface area contributed by atoms with E-state index in [0.29, 0.717) is 28.8 Å². The molecular weight excluding hydrogens is 461 g/mol. The van der Waals surface area contributed by atoms with Crippen LogP contribution in [0.15, 0.2) is 60.2 Å². The Morgan fingerprint density at radius 3 is 2.57 bits per heavy atom. The first-order chi connectivity index (χ1) is 17.1. The molecule has 2 aromatic carbocycles. The maximum Gasteiger partial charge on any atom is 0.228 e. The molecule has 0 bridgehead atoms. The van der Waals surface area contributed by atoms with E-state index >= 15 is 0 Å².